The van der Waals surface area contributed by atoms with Gasteiger partial charge in [0, 0.05) is 44.0 Å². The number of carbonyl (C=O) groups is 1. The molecule has 134 valence electrons. The quantitative estimate of drug-likeness (QED) is 0.763. The average Bonchev–Trinajstić information content (AvgIpc) is 3.19. The molecule has 8 heteroatoms. The van der Waals surface area contributed by atoms with E-state index in [2.05, 4.69) is 20.7 Å². The number of likely N-dealkylation sites (N-methyl/N-ethyl adjacent to an activating group) is 1. The lowest BCUT2D eigenvalue weighted by Crippen LogP contribution is -2.43. The lowest BCUT2D eigenvalue weighted by Gasteiger charge is -2.30. The maximum absolute atomic E-state index is 15.0. The number of nitrogens with two attached hydrogens (primary N) is 1. The van der Waals surface area contributed by atoms with Crippen LogP contribution in [0.5, 0.6) is 0 Å². The van der Waals surface area contributed by atoms with E-state index in [1.807, 2.05) is 7.05 Å². The molecule has 1 aromatic heterocycles. The van der Waals surface area contributed by atoms with Gasteiger partial charge in [-0.25, -0.2) is 9.37 Å². The number of hydrogen-bond donors (Lipinski definition) is 3. The Bertz CT molecular complexity index is 736. The minimum atomic E-state index is -0.446. The zero-order chi connectivity index (χ0) is 17.6. The zero-order valence-corrected chi connectivity index (χ0v) is 14.3. The van der Waals surface area contributed by atoms with E-state index in [-0.39, 0.29) is 36.3 Å². The molecule has 4 rings (SSSR count). The molecule has 3 atom stereocenters. The van der Waals surface area contributed by atoms with E-state index in [4.69, 9.17) is 5.73 Å². The van der Waals surface area contributed by atoms with Crippen molar-refractivity contribution in [1.82, 2.24) is 15.3 Å². The highest BCUT2D eigenvalue weighted by molar-refractivity contribution is 6.00. The SMILES string of the molecule is CN1CC(c2nc(N[C@@H]3CCCC[C@@H]3N)c(F)c3c2C(=O)NC3)C=N1. The number of pyridine rings is 1. The molecule has 0 saturated heterocycles. The Kier molecular flexibility index (Phi) is 4.07. The number of amides is 1. The van der Waals surface area contributed by atoms with E-state index in [0.29, 0.717) is 23.4 Å². The van der Waals surface area contributed by atoms with Gasteiger partial charge in [0.25, 0.3) is 5.91 Å². The monoisotopic (exact) mass is 346 g/mol. The number of fused-ring (bicyclic) bond motifs is 1. The summed E-state index contributed by atoms with van der Waals surface area (Å²) in [5.74, 6) is -0.627. The Morgan fingerprint density at radius 2 is 2.20 bits per heavy atom. The third-order valence-electron chi connectivity index (χ3n) is 5.31. The fourth-order valence-corrected chi connectivity index (χ4v) is 3.92. The molecule has 7 nitrogen and oxygen atoms in total. The summed E-state index contributed by atoms with van der Waals surface area (Å²) in [6.45, 7) is 0.821. The van der Waals surface area contributed by atoms with Gasteiger partial charge in [0.05, 0.1) is 17.2 Å². The Morgan fingerprint density at radius 1 is 1.40 bits per heavy atom. The summed E-state index contributed by atoms with van der Waals surface area (Å²) < 4.78 is 15.0. The first kappa shape index (κ1) is 16.3. The standard InChI is InChI=1S/C17H23FN6O/c1-24-8-9(6-21-24)15-13-10(7-20-17(13)25)14(18)16(23-15)22-12-5-3-2-4-11(12)19/h6,9,11-12H,2-5,7-8,19H2,1H3,(H,20,25)(H,22,23)/t9?,11-,12+/m0/s1. The van der Waals surface area contributed by atoms with Crippen LogP contribution in [-0.2, 0) is 6.54 Å². The third-order valence-corrected chi connectivity index (χ3v) is 5.31. The van der Waals surface area contributed by atoms with Crippen molar-refractivity contribution in [3.63, 3.8) is 0 Å². The highest BCUT2D eigenvalue weighted by Gasteiger charge is 2.34. The number of aromatic nitrogens is 1. The van der Waals surface area contributed by atoms with Gasteiger partial charge in [-0.2, -0.15) is 5.10 Å². The van der Waals surface area contributed by atoms with Crippen LogP contribution in [0.15, 0.2) is 5.10 Å². The maximum atomic E-state index is 15.0. The van der Waals surface area contributed by atoms with Gasteiger partial charge in [-0.05, 0) is 12.8 Å². The average molecular weight is 346 g/mol. The van der Waals surface area contributed by atoms with Gasteiger partial charge in [0.15, 0.2) is 11.6 Å². The van der Waals surface area contributed by atoms with Crippen molar-refractivity contribution in [2.24, 2.45) is 10.8 Å². The van der Waals surface area contributed by atoms with Crippen molar-refractivity contribution in [2.45, 2.75) is 50.2 Å². The van der Waals surface area contributed by atoms with E-state index in [1.54, 1.807) is 11.2 Å². The highest BCUT2D eigenvalue weighted by atomic mass is 19.1. The van der Waals surface area contributed by atoms with Gasteiger partial charge in [-0.3, -0.25) is 9.80 Å². The predicted molar refractivity (Wildman–Crippen MR) is 93.1 cm³/mol. The molecule has 4 N–H and O–H groups in total. The second-order valence-corrected chi connectivity index (χ2v) is 7.11. The first-order valence-corrected chi connectivity index (χ1v) is 8.82. The molecule has 2 aliphatic heterocycles. The Labute approximate surface area is 145 Å². The smallest absolute Gasteiger partial charge is 0.253 e. The molecule has 1 fully saturated rings. The van der Waals surface area contributed by atoms with E-state index >= 15 is 0 Å². The Morgan fingerprint density at radius 3 is 2.92 bits per heavy atom. The van der Waals surface area contributed by atoms with Crippen LogP contribution in [0.2, 0.25) is 0 Å². The molecule has 25 heavy (non-hydrogen) atoms. The summed E-state index contributed by atoms with van der Waals surface area (Å²) in [4.78, 5) is 16.7. The molecule has 0 spiro atoms. The van der Waals surface area contributed by atoms with Crippen molar-refractivity contribution >= 4 is 17.9 Å². The molecule has 3 heterocycles. The van der Waals surface area contributed by atoms with Crippen molar-refractivity contribution in [3.8, 4) is 0 Å². The van der Waals surface area contributed by atoms with Gasteiger partial charge in [0.1, 0.15) is 0 Å². The first-order valence-electron chi connectivity index (χ1n) is 8.82. The molecular formula is C17H23FN6O. The lowest BCUT2D eigenvalue weighted by atomic mass is 9.91. The van der Waals surface area contributed by atoms with Crippen molar-refractivity contribution in [3.05, 3.63) is 22.6 Å². The van der Waals surface area contributed by atoms with Gasteiger partial charge in [0.2, 0.25) is 0 Å². The van der Waals surface area contributed by atoms with Crippen molar-refractivity contribution in [2.75, 3.05) is 18.9 Å². The first-order chi connectivity index (χ1) is 12.0. The molecule has 1 amide bonds. The van der Waals surface area contributed by atoms with Crippen LogP contribution in [0, 0.1) is 5.82 Å². The molecule has 1 saturated carbocycles. The normalized spacial score (nSPS) is 28.2. The molecule has 1 unspecified atom stereocenters. The lowest BCUT2D eigenvalue weighted by molar-refractivity contribution is 0.0964. The van der Waals surface area contributed by atoms with Crippen molar-refractivity contribution < 1.29 is 9.18 Å². The third kappa shape index (κ3) is 2.84. The van der Waals surface area contributed by atoms with Crippen molar-refractivity contribution in [1.29, 1.82) is 0 Å². The molecule has 0 radical (unpaired) electrons. The molecule has 1 aromatic rings. The minimum absolute atomic E-state index is 0.00614. The van der Waals surface area contributed by atoms with Crippen LogP contribution in [-0.4, -0.2) is 47.8 Å². The van der Waals surface area contributed by atoms with Crippen LogP contribution < -0.4 is 16.4 Å². The number of nitrogens with one attached hydrogen (secondary N) is 2. The Hall–Kier alpha value is -2.22. The second-order valence-electron chi connectivity index (χ2n) is 7.11. The number of halogens is 1. The number of hydrazone groups is 1. The largest absolute Gasteiger partial charge is 0.363 e. The summed E-state index contributed by atoms with van der Waals surface area (Å²) in [7, 11) is 1.86. The number of anilines is 1. The summed E-state index contributed by atoms with van der Waals surface area (Å²) >= 11 is 0. The zero-order valence-electron chi connectivity index (χ0n) is 14.3. The fourth-order valence-electron chi connectivity index (χ4n) is 3.92. The van der Waals surface area contributed by atoms with Crippen LogP contribution in [0.4, 0.5) is 10.2 Å². The number of carbonyl (C=O) groups excluding carboxylic acids is 1. The minimum Gasteiger partial charge on any atom is -0.363 e. The molecule has 1 aliphatic carbocycles. The number of nitrogens with zero attached hydrogens (tertiary/aromatic N) is 3. The molecule has 0 bridgehead atoms. The van der Waals surface area contributed by atoms with Gasteiger partial charge < -0.3 is 16.4 Å². The number of hydrogen-bond acceptors (Lipinski definition) is 6. The highest BCUT2D eigenvalue weighted by Crippen LogP contribution is 2.32. The molecular weight excluding hydrogens is 323 g/mol. The predicted octanol–water partition coefficient (Wildman–Crippen LogP) is 1.16. The van der Waals surface area contributed by atoms with Crippen LogP contribution in [0.1, 0.15) is 53.2 Å². The molecule has 0 aromatic carbocycles. The number of rotatable bonds is 3. The van der Waals surface area contributed by atoms with Gasteiger partial charge in [-0.1, -0.05) is 12.8 Å². The van der Waals surface area contributed by atoms with Crippen LogP contribution in [0.3, 0.4) is 0 Å². The van der Waals surface area contributed by atoms with Gasteiger partial charge in [-0.15, -0.1) is 0 Å². The van der Waals surface area contributed by atoms with E-state index in [9.17, 15) is 9.18 Å². The van der Waals surface area contributed by atoms with E-state index in [0.717, 1.165) is 25.7 Å². The van der Waals surface area contributed by atoms with Gasteiger partial charge >= 0.3 is 0 Å². The maximum Gasteiger partial charge on any atom is 0.253 e. The molecule has 3 aliphatic rings. The van der Waals surface area contributed by atoms with E-state index in [1.165, 1.54) is 0 Å². The summed E-state index contributed by atoms with van der Waals surface area (Å²) in [5.41, 5.74) is 7.53. The summed E-state index contributed by atoms with van der Waals surface area (Å²) in [6, 6.07) is -0.00257. The topological polar surface area (TPSA) is 95.6 Å². The second kappa shape index (κ2) is 6.25. The van der Waals surface area contributed by atoms with Crippen LogP contribution in [0.25, 0.3) is 0 Å². The Balaban J connectivity index is 1.72. The summed E-state index contributed by atoms with van der Waals surface area (Å²) in [6.07, 6.45) is 5.78. The van der Waals surface area contributed by atoms with E-state index < -0.39 is 5.82 Å². The van der Waals surface area contributed by atoms with Crippen LogP contribution >= 0.6 is 0 Å². The fraction of sp³-hybridized carbons (Fsp3) is 0.588. The summed E-state index contributed by atoms with van der Waals surface area (Å²) in [5, 5.41) is 11.9.